The molecule has 2 aromatic carbocycles. The first-order chi connectivity index (χ1) is 11.5. The van der Waals surface area contributed by atoms with Crippen LogP contribution >= 0.6 is 23.4 Å². The van der Waals surface area contributed by atoms with E-state index in [1.165, 1.54) is 17.8 Å². The number of nitrogens with zero attached hydrogens (tertiary/aromatic N) is 2. The standard InChI is InChI=1S/C17H13ClFN3OS/c1-10(15(23)11-6-8-12(18)9-7-11)24-17-20-16(21-22-17)13-4-2-3-5-14(13)19/h2-10H,1H3,(H,20,21,22). The molecule has 0 aliphatic carbocycles. The van der Waals surface area contributed by atoms with Gasteiger partial charge in [0.2, 0.25) is 5.16 Å². The third kappa shape index (κ3) is 3.66. The molecule has 122 valence electrons. The Morgan fingerprint density at radius 3 is 2.62 bits per heavy atom. The van der Waals surface area contributed by atoms with Crippen molar-refractivity contribution in [1.82, 2.24) is 15.2 Å². The highest BCUT2D eigenvalue weighted by Crippen LogP contribution is 2.26. The summed E-state index contributed by atoms with van der Waals surface area (Å²) in [5.41, 5.74) is 0.915. The molecule has 0 spiro atoms. The fourth-order valence-electron chi connectivity index (χ4n) is 2.13. The number of aromatic amines is 1. The van der Waals surface area contributed by atoms with Gasteiger partial charge in [0.25, 0.3) is 0 Å². The van der Waals surface area contributed by atoms with Gasteiger partial charge in [0, 0.05) is 10.6 Å². The summed E-state index contributed by atoms with van der Waals surface area (Å²) in [6, 6.07) is 13.0. The number of benzene rings is 2. The Morgan fingerprint density at radius 1 is 1.21 bits per heavy atom. The lowest BCUT2D eigenvalue weighted by molar-refractivity contribution is 0.0994. The average molecular weight is 362 g/mol. The number of carbonyl (C=O) groups excluding carboxylic acids is 1. The smallest absolute Gasteiger partial charge is 0.209 e. The Morgan fingerprint density at radius 2 is 1.92 bits per heavy atom. The van der Waals surface area contributed by atoms with E-state index in [4.69, 9.17) is 11.6 Å². The molecule has 0 bridgehead atoms. The summed E-state index contributed by atoms with van der Waals surface area (Å²) in [6.07, 6.45) is 0. The van der Waals surface area contributed by atoms with Crippen molar-refractivity contribution in [3.63, 3.8) is 0 Å². The Balaban J connectivity index is 1.73. The van der Waals surface area contributed by atoms with Crippen LogP contribution in [0, 0.1) is 5.82 Å². The summed E-state index contributed by atoms with van der Waals surface area (Å²) in [5.74, 6) is -0.0915. The maximum Gasteiger partial charge on any atom is 0.209 e. The number of aromatic nitrogens is 3. The molecule has 1 unspecified atom stereocenters. The van der Waals surface area contributed by atoms with Gasteiger partial charge in [-0.15, -0.1) is 5.10 Å². The molecule has 0 saturated heterocycles. The Bertz CT molecular complexity index is 866. The minimum Gasteiger partial charge on any atom is -0.293 e. The monoisotopic (exact) mass is 361 g/mol. The van der Waals surface area contributed by atoms with Crippen LogP contribution in [0.3, 0.4) is 0 Å². The minimum atomic E-state index is -0.379. The molecule has 24 heavy (non-hydrogen) atoms. The lowest BCUT2D eigenvalue weighted by Crippen LogP contribution is -2.13. The molecule has 0 amide bonds. The van der Waals surface area contributed by atoms with Crippen LogP contribution in [0.1, 0.15) is 17.3 Å². The Hall–Kier alpha value is -2.18. The van der Waals surface area contributed by atoms with Crippen molar-refractivity contribution >= 4 is 29.1 Å². The second-order valence-corrected chi connectivity index (χ2v) is 6.82. The minimum absolute atomic E-state index is 0.0473. The maximum atomic E-state index is 13.8. The largest absolute Gasteiger partial charge is 0.293 e. The topological polar surface area (TPSA) is 58.6 Å². The summed E-state index contributed by atoms with van der Waals surface area (Å²) in [4.78, 5) is 16.7. The van der Waals surface area contributed by atoms with Gasteiger partial charge in [-0.25, -0.2) is 9.37 Å². The van der Waals surface area contributed by atoms with Gasteiger partial charge in [-0.2, -0.15) is 0 Å². The molecule has 7 heteroatoms. The number of nitrogens with one attached hydrogen (secondary N) is 1. The third-order valence-electron chi connectivity index (χ3n) is 3.37. The first kappa shape index (κ1) is 16.7. The highest BCUT2D eigenvalue weighted by atomic mass is 35.5. The lowest BCUT2D eigenvalue weighted by Gasteiger charge is -2.07. The zero-order valence-electron chi connectivity index (χ0n) is 12.7. The van der Waals surface area contributed by atoms with Crippen molar-refractivity contribution in [2.75, 3.05) is 0 Å². The second kappa shape index (κ2) is 7.15. The lowest BCUT2D eigenvalue weighted by atomic mass is 10.1. The maximum absolute atomic E-state index is 13.8. The van der Waals surface area contributed by atoms with Gasteiger partial charge in [-0.3, -0.25) is 9.89 Å². The van der Waals surface area contributed by atoms with Crippen LogP contribution < -0.4 is 0 Å². The van der Waals surface area contributed by atoms with E-state index >= 15 is 0 Å². The Kier molecular flexibility index (Phi) is 4.97. The van der Waals surface area contributed by atoms with Crippen LogP contribution in [0.4, 0.5) is 4.39 Å². The molecule has 1 heterocycles. The van der Waals surface area contributed by atoms with Gasteiger partial charge >= 0.3 is 0 Å². The van der Waals surface area contributed by atoms with E-state index in [-0.39, 0.29) is 16.9 Å². The molecule has 3 aromatic rings. The van der Waals surface area contributed by atoms with Crippen LogP contribution in [0.25, 0.3) is 11.4 Å². The first-order valence-corrected chi connectivity index (χ1v) is 8.44. The van der Waals surface area contributed by atoms with Gasteiger partial charge in [0.1, 0.15) is 5.82 Å². The van der Waals surface area contributed by atoms with Gasteiger partial charge in [-0.1, -0.05) is 35.5 Å². The highest BCUT2D eigenvalue weighted by Gasteiger charge is 2.19. The molecular formula is C17H13ClFN3OS. The number of ketones is 1. The molecule has 1 atom stereocenters. The SMILES string of the molecule is CC(Sc1n[nH]c(-c2ccccc2F)n1)C(=O)c1ccc(Cl)cc1. The molecule has 0 saturated carbocycles. The number of Topliss-reactive ketones (excluding diaryl/α,β-unsaturated/α-hetero) is 1. The predicted octanol–water partition coefficient (Wildman–Crippen LogP) is 4.63. The van der Waals surface area contributed by atoms with Crippen molar-refractivity contribution in [1.29, 1.82) is 0 Å². The molecule has 1 N–H and O–H groups in total. The molecule has 3 rings (SSSR count). The number of thioether (sulfide) groups is 1. The van der Waals surface area contributed by atoms with Crippen molar-refractivity contribution in [2.24, 2.45) is 0 Å². The van der Waals surface area contributed by atoms with Crippen molar-refractivity contribution in [3.8, 4) is 11.4 Å². The van der Waals surface area contributed by atoms with E-state index in [9.17, 15) is 9.18 Å². The van der Waals surface area contributed by atoms with Crippen LogP contribution in [-0.4, -0.2) is 26.2 Å². The summed E-state index contributed by atoms with van der Waals surface area (Å²) in [6.45, 7) is 1.78. The average Bonchev–Trinajstić information content (AvgIpc) is 3.03. The first-order valence-electron chi connectivity index (χ1n) is 7.18. The quantitative estimate of drug-likeness (QED) is 0.531. The number of carbonyl (C=O) groups is 1. The number of hydrogen-bond acceptors (Lipinski definition) is 4. The van der Waals surface area contributed by atoms with E-state index in [1.54, 1.807) is 49.4 Å². The summed E-state index contributed by atoms with van der Waals surface area (Å²) < 4.78 is 13.8. The van der Waals surface area contributed by atoms with E-state index in [1.807, 2.05) is 0 Å². The molecule has 1 aromatic heterocycles. The second-order valence-electron chi connectivity index (χ2n) is 5.08. The van der Waals surface area contributed by atoms with Crippen LogP contribution in [-0.2, 0) is 0 Å². The van der Waals surface area contributed by atoms with Gasteiger partial charge < -0.3 is 0 Å². The van der Waals surface area contributed by atoms with Gasteiger partial charge in [-0.05, 0) is 43.3 Å². The number of H-pyrrole nitrogens is 1. The fraction of sp³-hybridized carbons (Fsp3) is 0.118. The fourth-order valence-corrected chi connectivity index (χ4v) is 3.06. The third-order valence-corrected chi connectivity index (χ3v) is 4.59. The highest BCUT2D eigenvalue weighted by molar-refractivity contribution is 8.00. The molecule has 4 nitrogen and oxygen atoms in total. The zero-order valence-corrected chi connectivity index (χ0v) is 14.2. The molecular weight excluding hydrogens is 349 g/mol. The summed E-state index contributed by atoms with van der Waals surface area (Å²) >= 11 is 7.04. The Labute approximate surface area is 147 Å². The van der Waals surface area contributed by atoms with Gasteiger partial charge in [0.15, 0.2) is 11.6 Å². The van der Waals surface area contributed by atoms with Crippen LogP contribution in [0.2, 0.25) is 5.02 Å². The molecule has 0 aliphatic rings. The van der Waals surface area contributed by atoms with Crippen molar-refractivity contribution in [3.05, 3.63) is 64.9 Å². The summed E-state index contributed by atoms with van der Waals surface area (Å²) in [5, 5.41) is 7.35. The predicted molar refractivity (Wildman–Crippen MR) is 92.9 cm³/mol. The van der Waals surface area contributed by atoms with E-state index in [0.29, 0.717) is 27.1 Å². The number of hydrogen-bond donors (Lipinski definition) is 1. The number of rotatable bonds is 5. The van der Waals surface area contributed by atoms with Crippen LogP contribution in [0.5, 0.6) is 0 Å². The van der Waals surface area contributed by atoms with Gasteiger partial charge in [0.05, 0.1) is 10.8 Å². The zero-order chi connectivity index (χ0) is 17.1. The van der Waals surface area contributed by atoms with Crippen molar-refractivity contribution in [2.45, 2.75) is 17.3 Å². The molecule has 0 radical (unpaired) electrons. The van der Waals surface area contributed by atoms with Crippen LogP contribution in [0.15, 0.2) is 53.7 Å². The molecule has 0 aliphatic heterocycles. The van der Waals surface area contributed by atoms with E-state index in [2.05, 4.69) is 15.2 Å². The van der Waals surface area contributed by atoms with Crippen molar-refractivity contribution < 1.29 is 9.18 Å². The molecule has 0 fully saturated rings. The normalized spacial score (nSPS) is 12.1. The van der Waals surface area contributed by atoms with E-state index < -0.39 is 0 Å². The number of halogens is 2. The summed E-state index contributed by atoms with van der Waals surface area (Å²) in [7, 11) is 0. The van der Waals surface area contributed by atoms with E-state index in [0.717, 1.165) is 0 Å².